The van der Waals surface area contributed by atoms with E-state index in [0.717, 1.165) is 62.5 Å². The van der Waals surface area contributed by atoms with Gasteiger partial charge in [0.2, 0.25) is 0 Å². The Morgan fingerprint density at radius 3 is 0.716 bits per heavy atom. The van der Waals surface area contributed by atoms with Crippen molar-refractivity contribution < 1.29 is 114 Å². The zero-order chi connectivity index (χ0) is 56.9. The lowest BCUT2D eigenvalue weighted by molar-refractivity contribution is -0.440. The van der Waals surface area contributed by atoms with Gasteiger partial charge in [-0.15, -0.1) is 0 Å². The van der Waals surface area contributed by atoms with E-state index >= 15 is 0 Å². The molecular formula is C46H54F26N2. The summed E-state index contributed by atoms with van der Waals surface area (Å²) in [6, 6.07) is 7.48. The molecule has 74 heavy (non-hydrogen) atoms. The van der Waals surface area contributed by atoms with Crippen LogP contribution in [0, 0.1) is 0 Å². The first-order chi connectivity index (χ1) is 33.6. The van der Waals surface area contributed by atoms with Crippen LogP contribution < -0.4 is 0 Å². The maximum Gasteiger partial charge on any atom is 0.460 e. The molecule has 0 spiro atoms. The van der Waals surface area contributed by atoms with Gasteiger partial charge in [0.25, 0.3) is 0 Å². The normalized spacial score (nSPS) is 14.6. The smallest absolute Gasteiger partial charge is 0.255 e. The van der Waals surface area contributed by atoms with Crippen LogP contribution in [0.1, 0.15) is 152 Å². The second-order valence-electron chi connectivity index (χ2n) is 18.2. The number of aryl methyl sites for hydroxylation is 2. The third-order valence-corrected chi connectivity index (χ3v) is 12.3. The van der Waals surface area contributed by atoms with Gasteiger partial charge >= 0.3 is 71.6 Å². The number of alkyl halides is 26. The van der Waals surface area contributed by atoms with Crippen molar-refractivity contribution in [1.82, 2.24) is 9.97 Å². The van der Waals surface area contributed by atoms with Crippen molar-refractivity contribution in [2.75, 3.05) is 0 Å². The Kier molecular flexibility index (Phi) is 23.2. The summed E-state index contributed by atoms with van der Waals surface area (Å²) in [5, 5.41) is 0. The van der Waals surface area contributed by atoms with Gasteiger partial charge in [-0.3, -0.25) is 9.97 Å². The summed E-state index contributed by atoms with van der Waals surface area (Å²) in [6.45, 7) is 0. The Labute approximate surface area is 408 Å². The maximum absolute atomic E-state index is 14.0. The lowest BCUT2D eigenvalue weighted by atomic mass is 9.91. The molecule has 0 atom stereocenters. The van der Waals surface area contributed by atoms with E-state index in [9.17, 15) is 114 Å². The molecule has 0 N–H and O–H groups in total. The highest BCUT2D eigenvalue weighted by Crippen LogP contribution is 2.62. The molecule has 0 aliphatic heterocycles. The molecule has 28 heteroatoms. The van der Waals surface area contributed by atoms with Crippen LogP contribution in [0.3, 0.4) is 0 Å². The molecule has 2 aromatic rings. The van der Waals surface area contributed by atoms with Crippen LogP contribution >= 0.6 is 0 Å². The number of hydrogen-bond acceptors (Lipinski definition) is 2. The van der Waals surface area contributed by atoms with Gasteiger partial charge in [-0.05, 0) is 73.9 Å². The van der Waals surface area contributed by atoms with Crippen LogP contribution in [0.25, 0.3) is 11.4 Å². The average Bonchev–Trinajstić information content (AvgIpc) is 3.28. The summed E-state index contributed by atoms with van der Waals surface area (Å²) in [5.74, 6) is -73.4. The molecule has 0 amide bonds. The minimum atomic E-state index is -7.90. The Hall–Kier alpha value is -3.52. The highest BCUT2D eigenvalue weighted by atomic mass is 19.4. The first-order valence-electron chi connectivity index (χ1n) is 23.4. The standard InChI is InChI=1S/C46H54F26N2/c47-35(48,37(51,52)39(55,56)41(59,60)43(63,64)45(67,68)69)25-19-15-11-7-3-1-5-9-13-17-21-31-23-27-73-33(29-31)34-30-32(24-28-74-34)22-18-14-10-6-2-4-8-12-16-20-26-36(49,50)38(53,54)40(57,58)42(61,62)44(65,66)46(70,71)72/h23-24,27-30H,1-22,25-26H2. The second kappa shape index (κ2) is 25.8. The average molecular weight is 1130 g/mol. The van der Waals surface area contributed by atoms with Gasteiger partial charge in [0.15, 0.2) is 0 Å². The highest BCUT2D eigenvalue weighted by molar-refractivity contribution is 5.55. The first-order valence-corrected chi connectivity index (χ1v) is 23.4. The van der Waals surface area contributed by atoms with E-state index in [1.165, 1.54) is 0 Å². The predicted octanol–water partition coefficient (Wildman–Crippen LogP) is 19.3. The summed E-state index contributed by atoms with van der Waals surface area (Å²) >= 11 is 0. The molecule has 2 nitrogen and oxygen atoms in total. The van der Waals surface area contributed by atoms with Crippen molar-refractivity contribution >= 4 is 0 Å². The molecule has 0 saturated heterocycles. The van der Waals surface area contributed by atoms with Gasteiger partial charge in [0.05, 0.1) is 11.4 Å². The minimum Gasteiger partial charge on any atom is -0.255 e. The number of unbranched alkanes of at least 4 members (excludes halogenated alkanes) is 18. The Morgan fingerprint density at radius 1 is 0.257 bits per heavy atom. The minimum absolute atomic E-state index is 0.127. The Balaban J connectivity index is 1.63. The molecule has 0 aromatic carbocycles. The van der Waals surface area contributed by atoms with Crippen LogP contribution in [-0.4, -0.2) is 81.5 Å². The summed E-state index contributed by atoms with van der Waals surface area (Å²) < 4.78 is 345. The second-order valence-corrected chi connectivity index (χ2v) is 18.2. The summed E-state index contributed by atoms with van der Waals surface area (Å²) in [5.41, 5.74) is 3.25. The van der Waals surface area contributed by atoms with Crippen LogP contribution in [0.5, 0.6) is 0 Å². The van der Waals surface area contributed by atoms with Gasteiger partial charge < -0.3 is 0 Å². The molecule has 2 aromatic heterocycles. The molecule has 2 rings (SSSR count). The monoisotopic (exact) mass is 1130 g/mol. The number of rotatable bonds is 35. The Bertz CT molecular complexity index is 1840. The largest absolute Gasteiger partial charge is 0.460 e. The van der Waals surface area contributed by atoms with E-state index in [2.05, 4.69) is 9.97 Å². The maximum atomic E-state index is 14.0. The van der Waals surface area contributed by atoms with Crippen LogP contribution in [0.15, 0.2) is 36.7 Å². The fraction of sp³-hybridized carbons (Fsp3) is 0.783. The molecule has 0 fully saturated rings. The number of halogens is 26. The van der Waals surface area contributed by atoms with Crippen molar-refractivity contribution in [3.05, 3.63) is 47.8 Å². The van der Waals surface area contributed by atoms with Crippen molar-refractivity contribution in [2.24, 2.45) is 0 Å². The zero-order valence-corrected chi connectivity index (χ0v) is 39.2. The molecule has 2 heterocycles. The molecule has 0 aliphatic carbocycles. The molecular weight excluding hydrogens is 1070 g/mol. The number of nitrogens with zero attached hydrogens (tertiary/aromatic N) is 2. The molecule has 0 aliphatic rings. The third-order valence-electron chi connectivity index (χ3n) is 12.3. The lowest BCUT2D eigenvalue weighted by Gasteiger charge is -2.39. The highest BCUT2D eigenvalue weighted by Gasteiger charge is 2.92. The van der Waals surface area contributed by atoms with Crippen molar-refractivity contribution in [3.8, 4) is 11.4 Å². The molecule has 0 saturated carbocycles. The van der Waals surface area contributed by atoms with E-state index in [1.54, 1.807) is 12.4 Å². The molecule has 0 bridgehead atoms. The quantitative estimate of drug-likeness (QED) is 0.0508. The lowest BCUT2D eigenvalue weighted by Crippen LogP contribution is -2.70. The fourth-order valence-electron chi connectivity index (χ4n) is 7.64. The number of aromatic nitrogens is 2. The number of hydrogen-bond donors (Lipinski definition) is 0. The van der Waals surface area contributed by atoms with E-state index in [-0.39, 0.29) is 25.7 Å². The van der Waals surface area contributed by atoms with Crippen LogP contribution in [-0.2, 0) is 12.8 Å². The summed E-state index contributed by atoms with van der Waals surface area (Å²) in [7, 11) is 0. The first kappa shape index (κ1) is 66.6. The Morgan fingerprint density at radius 2 is 0.473 bits per heavy atom. The topological polar surface area (TPSA) is 25.8 Å². The van der Waals surface area contributed by atoms with Crippen molar-refractivity contribution in [2.45, 2.75) is 226 Å². The SMILES string of the molecule is FC(F)(F)C(F)(F)C(F)(F)C(F)(F)C(F)(F)C(F)(F)CCCCCCCCCCCCc1ccnc(-c2cc(CCCCCCCCCCCCC(F)(F)C(F)(F)C(F)(F)C(F)(F)C(F)(F)C(F)(F)F)ccn2)c1. The summed E-state index contributed by atoms with van der Waals surface area (Å²) in [4.78, 5) is 8.81. The van der Waals surface area contributed by atoms with Gasteiger partial charge in [-0.25, -0.2) is 0 Å². The molecule has 430 valence electrons. The van der Waals surface area contributed by atoms with Gasteiger partial charge in [-0.1, -0.05) is 103 Å². The summed E-state index contributed by atoms with van der Waals surface area (Å²) in [6.07, 6.45) is -7.09. The van der Waals surface area contributed by atoms with E-state index in [4.69, 9.17) is 0 Å². The van der Waals surface area contributed by atoms with Gasteiger partial charge in [0, 0.05) is 25.2 Å². The van der Waals surface area contributed by atoms with E-state index in [0.29, 0.717) is 62.8 Å². The fourth-order valence-corrected chi connectivity index (χ4v) is 7.64. The van der Waals surface area contributed by atoms with Crippen molar-refractivity contribution in [1.29, 1.82) is 0 Å². The van der Waals surface area contributed by atoms with E-state index < -0.39 is 97.3 Å². The zero-order valence-electron chi connectivity index (χ0n) is 39.2. The number of pyridine rings is 2. The third kappa shape index (κ3) is 15.4. The van der Waals surface area contributed by atoms with E-state index in [1.807, 2.05) is 24.3 Å². The van der Waals surface area contributed by atoms with Gasteiger partial charge in [-0.2, -0.15) is 114 Å². The van der Waals surface area contributed by atoms with Crippen LogP contribution in [0.4, 0.5) is 114 Å². The van der Waals surface area contributed by atoms with Gasteiger partial charge in [0.1, 0.15) is 0 Å². The molecule has 0 radical (unpaired) electrons. The van der Waals surface area contributed by atoms with Crippen molar-refractivity contribution in [3.63, 3.8) is 0 Å². The predicted molar refractivity (Wildman–Crippen MR) is 218 cm³/mol. The molecule has 0 unspecified atom stereocenters. The van der Waals surface area contributed by atoms with Crippen LogP contribution in [0.2, 0.25) is 0 Å².